The molecule has 0 unspecified atom stereocenters. The van der Waals surface area contributed by atoms with Gasteiger partial charge < -0.3 is 21.5 Å². The first kappa shape index (κ1) is 30.7. The Bertz CT molecular complexity index is 2060. The number of ketones is 1. The third-order valence-corrected chi connectivity index (χ3v) is 6.42. The molecule has 5 N–H and O–H groups in total. The van der Waals surface area contributed by atoms with Gasteiger partial charge in [0, 0.05) is 21.1 Å². The number of hydrogen-bond donors (Lipinski definition) is 3. The molecule has 46 heavy (non-hydrogen) atoms. The van der Waals surface area contributed by atoms with E-state index in [1.54, 1.807) is 27.9 Å². The second-order valence-electron chi connectivity index (χ2n) is 9.36. The monoisotopic (exact) mass is 630 g/mol. The second-order valence-corrected chi connectivity index (χ2v) is 9.36. The first-order valence-electron chi connectivity index (χ1n) is 13.1. The van der Waals surface area contributed by atoms with E-state index in [9.17, 15) is 14.4 Å². The summed E-state index contributed by atoms with van der Waals surface area (Å²) in [6.07, 6.45) is 2.68. The van der Waals surface area contributed by atoms with Crippen molar-refractivity contribution in [2.45, 2.75) is 13.8 Å². The normalized spacial score (nSPS) is 11.5. The van der Waals surface area contributed by atoms with Crippen molar-refractivity contribution in [1.82, 2.24) is 54.1 Å². The lowest BCUT2D eigenvalue weighted by Gasteiger charge is -2.08. The van der Waals surface area contributed by atoms with E-state index in [-0.39, 0.29) is 69.9 Å². The standard InChI is InChI=1S/C24H26N18O4/c1-10-15(33-35-19-12(14(44)9-43)7-28-39(19)4)17(25)41(37-10)23-30-22(27-3)31-24(32-23)42-18(26)16(11(2)38-42)34-36-20-13(21(45)46-6)8-29-40(20)5/h7-9H,25-26H2,1-6H3,(H,27,30,31,32). The highest BCUT2D eigenvalue weighted by molar-refractivity contribution is 6.34. The van der Waals surface area contributed by atoms with E-state index < -0.39 is 11.8 Å². The minimum Gasteiger partial charge on any atom is -0.465 e. The third-order valence-electron chi connectivity index (χ3n) is 6.42. The molecule has 0 saturated carbocycles. The van der Waals surface area contributed by atoms with Crippen LogP contribution in [0.5, 0.6) is 0 Å². The zero-order valence-corrected chi connectivity index (χ0v) is 25.2. The van der Waals surface area contributed by atoms with Gasteiger partial charge in [-0.15, -0.1) is 20.5 Å². The van der Waals surface area contributed by atoms with Crippen LogP contribution >= 0.6 is 0 Å². The van der Waals surface area contributed by atoms with Crippen LogP contribution in [0, 0.1) is 13.8 Å². The van der Waals surface area contributed by atoms with Gasteiger partial charge in [0.1, 0.15) is 5.56 Å². The van der Waals surface area contributed by atoms with Crippen LogP contribution in [0.3, 0.4) is 0 Å². The Morgan fingerprint density at radius 3 is 1.76 bits per heavy atom. The molecule has 0 fully saturated rings. The summed E-state index contributed by atoms with van der Waals surface area (Å²) in [6.45, 7) is 3.28. The maximum Gasteiger partial charge on any atom is 0.343 e. The Morgan fingerprint density at radius 2 is 1.30 bits per heavy atom. The number of aromatic nitrogens is 11. The highest BCUT2D eigenvalue weighted by atomic mass is 16.5. The van der Waals surface area contributed by atoms with Gasteiger partial charge in [0.2, 0.25) is 11.7 Å². The van der Waals surface area contributed by atoms with E-state index in [2.05, 4.69) is 61.1 Å². The average Bonchev–Trinajstić information content (AvgIpc) is 3.77. The molecule has 0 aliphatic heterocycles. The zero-order chi connectivity index (χ0) is 33.3. The van der Waals surface area contributed by atoms with Gasteiger partial charge in [-0.05, 0) is 13.8 Å². The first-order chi connectivity index (χ1) is 22.0. The number of nitrogens with zero attached hydrogens (tertiary/aromatic N) is 15. The van der Waals surface area contributed by atoms with E-state index >= 15 is 0 Å². The van der Waals surface area contributed by atoms with Gasteiger partial charge in [-0.3, -0.25) is 9.59 Å². The van der Waals surface area contributed by atoms with E-state index in [1.165, 1.54) is 45.3 Å². The van der Waals surface area contributed by atoms with Crippen molar-refractivity contribution in [2.75, 3.05) is 30.9 Å². The summed E-state index contributed by atoms with van der Waals surface area (Å²) >= 11 is 0. The van der Waals surface area contributed by atoms with Gasteiger partial charge in [-0.25, -0.2) is 14.2 Å². The summed E-state index contributed by atoms with van der Waals surface area (Å²) in [5, 5.41) is 36.2. The molecule has 0 radical (unpaired) electrons. The molecule has 0 amide bonds. The summed E-state index contributed by atoms with van der Waals surface area (Å²) in [4.78, 5) is 48.2. The number of Topliss-reactive ketones (excluding diaryl/α,β-unsaturated/α-hetero) is 1. The number of methoxy groups -OCH3 is 1. The first-order valence-corrected chi connectivity index (χ1v) is 13.1. The summed E-state index contributed by atoms with van der Waals surface area (Å²) in [6, 6.07) is 0. The maximum absolute atomic E-state index is 12.1. The number of hydrogen-bond acceptors (Lipinski definition) is 18. The maximum atomic E-state index is 12.1. The Kier molecular flexibility index (Phi) is 8.08. The Hall–Kier alpha value is -6.74. The molecule has 0 saturated heterocycles. The van der Waals surface area contributed by atoms with Gasteiger partial charge >= 0.3 is 5.97 Å². The molecule has 236 valence electrons. The molecule has 0 aliphatic rings. The Balaban J connectivity index is 1.53. The summed E-state index contributed by atoms with van der Waals surface area (Å²) in [5.74, 6) is -1.14. The molecule has 5 heterocycles. The molecule has 5 rings (SSSR count). The number of carbonyl (C=O) groups is 3. The second kappa shape index (κ2) is 12.1. The van der Waals surface area contributed by atoms with Crippen molar-refractivity contribution in [3.8, 4) is 11.9 Å². The van der Waals surface area contributed by atoms with Crippen molar-refractivity contribution in [3.05, 3.63) is 34.9 Å². The topological polar surface area (TPSA) is 284 Å². The number of nitrogens with one attached hydrogen (secondary N) is 1. The van der Waals surface area contributed by atoms with E-state index in [4.69, 9.17) is 16.2 Å². The number of aryl methyl sites for hydroxylation is 4. The predicted octanol–water partition coefficient (Wildman–Crippen LogP) is 1.53. The van der Waals surface area contributed by atoms with Crippen molar-refractivity contribution < 1.29 is 19.1 Å². The van der Waals surface area contributed by atoms with Crippen molar-refractivity contribution in [2.24, 2.45) is 34.6 Å². The fraction of sp³-hybridized carbons (Fsp3) is 0.250. The molecule has 0 atom stereocenters. The minimum atomic E-state index is -0.805. The number of carbonyl (C=O) groups excluding carboxylic acids is 3. The molecule has 5 aromatic rings. The Morgan fingerprint density at radius 1 is 0.826 bits per heavy atom. The van der Waals surface area contributed by atoms with Crippen molar-refractivity contribution >= 4 is 58.6 Å². The molecule has 22 heteroatoms. The van der Waals surface area contributed by atoms with Gasteiger partial charge in [-0.2, -0.15) is 44.7 Å². The van der Waals surface area contributed by atoms with Crippen molar-refractivity contribution in [3.63, 3.8) is 0 Å². The highest BCUT2D eigenvalue weighted by Crippen LogP contribution is 2.33. The predicted molar refractivity (Wildman–Crippen MR) is 158 cm³/mol. The highest BCUT2D eigenvalue weighted by Gasteiger charge is 2.23. The number of nitrogen functional groups attached to an aromatic ring is 2. The van der Waals surface area contributed by atoms with Gasteiger partial charge in [0.15, 0.2) is 40.9 Å². The third kappa shape index (κ3) is 5.40. The fourth-order valence-corrected chi connectivity index (χ4v) is 4.07. The van der Waals surface area contributed by atoms with Gasteiger partial charge in [0.25, 0.3) is 11.9 Å². The average molecular weight is 631 g/mol. The van der Waals surface area contributed by atoms with Crippen LogP contribution in [-0.2, 0) is 23.6 Å². The largest absolute Gasteiger partial charge is 0.465 e. The fourth-order valence-electron chi connectivity index (χ4n) is 4.07. The molecular formula is C24H26N18O4. The quantitative estimate of drug-likeness (QED) is 0.0648. The van der Waals surface area contributed by atoms with Gasteiger partial charge in [-0.1, -0.05) is 0 Å². The van der Waals surface area contributed by atoms with Crippen LogP contribution < -0.4 is 16.8 Å². The number of anilines is 3. The molecule has 0 bridgehead atoms. The molecular weight excluding hydrogens is 604 g/mol. The number of esters is 1. The smallest absolute Gasteiger partial charge is 0.343 e. The molecule has 22 nitrogen and oxygen atoms in total. The zero-order valence-electron chi connectivity index (χ0n) is 25.2. The molecule has 0 aromatic carbocycles. The summed E-state index contributed by atoms with van der Waals surface area (Å²) in [7, 11) is 5.96. The number of nitrogens with two attached hydrogens (primary N) is 2. The molecule has 5 aromatic heterocycles. The lowest BCUT2D eigenvalue weighted by molar-refractivity contribution is -0.104. The summed E-state index contributed by atoms with van der Waals surface area (Å²) in [5.41, 5.74) is 13.9. The number of azo groups is 2. The van der Waals surface area contributed by atoms with E-state index in [0.29, 0.717) is 11.4 Å². The minimum absolute atomic E-state index is 0.00239. The number of ether oxygens (including phenoxy) is 1. The molecule has 0 spiro atoms. The van der Waals surface area contributed by atoms with Crippen molar-refractivity contribution in [1.29, 1.82) is 0 Å². The Labute approximate surface area is 258 Å². The summed E-state index contributed by atoms with van der Waals surface area (Å²) < 4.78 is 9.84. The van der Waals surface area contributed by atoms with E-state index in [0.717, 1.165) is 0 Å². The van der Waals surface area contributed by atoms with Crippen LogP contribution in [-0.4, -0.2) is 86.3 Å². The number of aldehydes is 1. The van der Waals surface area contributed by atoms with Crippen LogP contribution in [0.1, 0.15) is 32.1 Å². The van der Waals surface area contributed by atoms with Crippen LogP contribution in [0.25, 0.3) is 11.9 Å². The van der Waals surface area contributed by atoms with Crippen LogP contribution in [0.2, 0.25) is 0 Å². The van der Waals surface area contributed by atoms with Gasteiger partial charge in [0.05, 0.1) is 36.5 Å². The number of rotatable bonds is 10. The molecule has 0 aliphatic carbocycles. The SMILES string of the molecule is CNc1nc(-n2nc(C)c(N=Nc3c(C(=O)C=O)cnn3C)c2N)nc(-n2nc(C)c(N=Nc3c(C(=O)OC)cnn3C)c2N)n1. The lowest BCUT2D eigenvalue weighted by atomic mass is 10.2. The van der Waals surface area contributed by atoms with Crippen LogP contribution in [0.4, 0.5) is 40.6 Å². The lowest BCUT2D eigenvalue weighted by Crippen LogP contribution is -2.15. The van der Waals surface area contributed by atoms with E-state index in [1.807, 2.05) is 0 Å². The van der Waals surface area contributed by atoms with Crippen LogP contribution in [0.15, 0.2) is 32.9 Å².